The zero-order valence-electron chi connectivity index (χ0n) is 13.4. The normalized spacial score (nSPS) is 16.7. The molecule has 0 aliphatic heterocycles. The topological polar surface area (TPSA) is 42.5 Å². The predicted octanol–water partition coefficient (Wildman–Crippen LogP) is 2.49. The number of nitrogens with one attached hydrogen (secondary N) is 2. The molecular formula is C14H32N2O2. The SMILES string of the molecule is CC(NC(C)(C)C)OCCOC(C)NC(C)(C)C. The molecule has 4 heteroatoms. The summed E-state index contributed by atoms with van der Waals surface area (Å²) >= 11 is 0. The minimum atomic E-state index is 0.0412. The highest BCUT2D eigenvalue weighted by atomic mass is 16.5. The lowest BCUT2D eigenvalue weighted by atomic mass is 10.1. The Bertz CT molecular complexity index is 195. The second-order valence-electron chi connectivity index (χ2n) is 6.81. The van der Waals surface area contributed by atoms with Crippen molar-refractivity contribution in [1.29, 1.82) is 0 Å². The Kier molecular flexibility index (Phi) is 7.37. The van der Waals surface area contributed by atoms with E-state index in [-0.39, 0.29) is 23.5 Å². The summed E-state index contributed by atoms with van der Waals surface area (Å²) in [5.74, 6) is 0. The molecule has 0 spiro atoms. The van der Waals surface area contributed by atoms with Gasteiger partial charge in [-0.1, -0.05) is 0 Å². The van der Waals surface area contributed by atoms with Gasteiger partial charge in [-0.15, -0.1) is 0 Å². The molecule has 2 atom stereocenters. The average Bonchev–Trinajstić information content (AvgIpc) is 2.06. The Morgan fingerprint density at radius 2 is 1.00 bits per heavy atom. The minimum absolute atomic E-state index is 0.0412. The molecule has 2 N–H and O–H groups in total. The van der Waals surface area contributed by atoms with E-state index < -0.39 is 0 Å². The van der Waals surface area contributed by atoms with Crippen LogP contribution < -0.4 is 10.6 Å². The van der Waals surface area contributed by atoms with Gasteiger partial charge in [-0.3, -0.25) is 10.6 Å². The van der Waals surface area contributed by atoms with Crippen LogP contribution in [-0.4, -0.2) is 36.7 Å². The van der Waals surface area contributed by atoms with Crippen LogP contribution in [-0.2, 0) is 9.47 Å². The van der Waals surface area contributed by atoms with Crippen molar-refractivity contribution >= 4 is 0 Å². The van der Waals surface area contributed by atoms with E-state index in [0.717, 1.165) is 0 Å². The van der Waals surface area contributed by atoms with E-state index in [2.05, 4.69) is 52.2 Å². The van der Waals surface area contributed by atoms with Gasteiger partial charge in [-0.05, 0) is 55.4 Å². The zero-order chi connectivity index (χ0) is 14.4. The number of hydrogen-bond acceptors (Lipinski definition) is 4. The summed E-state index contributed by atoms with van der Waals surface area (Å²) in [5, 5.41) is 6.70. The van der Waals surface area contributed by atoms with Crippen LogP contribution in [0.3, 0.4) is 0 Å². The van der Waals surface area contributed by atoms with Gasteiger partial charge in [0.25, 0.3) is 0 Å². The molecule has 0 radical (unpaired) electrons. The number of hydrogen-bond donors (Lipinski definition) is 2. The van der Waals surface area contributed by atoms with Crippen molar-refractivity contribution in [3.05, 3.63) is 0 Å². The summed E-state index contributed by atoms with van der Waals surface area (Å²) in [7, 11) is 0. The van der Waals surface area contributed by atoms with Crippen molar-refractivity contribution in [2.45, 2.75) is 78.9 Å². The van der Waals surface area contributed by atoms with Crippen LogP contribution in [0.25, 0.3) is 0 Å². The van der Waals surface area contributed by atoms with E-state index in [1.165, 1.54) is 0 Å². The fourth-order valence-electron chi connectivity index (χ4n) is 1.75. The van der Waals surface area contributed by atoms with Crippen LogP contribution in [0.1, 0.15) is 55.4 Å². The van der Waals surface area contributed by atoms with Crippen LogP contribution >= 0.6 is 0 Å². The van der Waals surface area contributed by atoms with Gasteiger partial charge in [-0.2, -0.15) is 0 Å². The molecule has 18 heavy (non-hydrogen) atoms. The van der Waals surface area contributed by atoms with Crippen LogP contribution in [0.2, 0.25) is 0 Å². The van der Waals surface area contributed by atoms with Crippen LogP contribution in [0.5, 0.6) is 0 Å². The molecule has 2 unspecified atom stereocenters. The average molecular weight is 260 g/mol. The number of rotatable bonds is 7. The predicted molar refractivity (Wildman–Crippen MR) is 76.6 cm³/mol. The van der Waals surface area contributed by atoms with Crippen molar-refractivity contribution < 1.29 is 9.47 Å². The lowest BCUT2D eigenvalue weighted by molar-refractivity contribution is -0.0419. The molecule has 0 rings (SSSR count). The maximum absolute atomic E-state index is 5.63. The fourth-order valence-corrected chi connectivity index (χ4v) is 1.75. The van der Waals surface area contributed by atoms with Crippen molar-refractivity contribution in [2.75, 3.05) is 13.2 Å². The molecule has 4 nitrogen and oxygen atoms in total. The van der Waals surface area contributed by atoms with Crippen molar-refractivity contribution in [3.63, 3.8) is 0 Å². The molecular weight excluding hydrogens is 228 g/mol. The summed E-state index contributed by atoms with van der Waals surface area (Å²) in [6.07, 6.45) is 0.0824. The molecule has 0 aliphatic carbocycles. The Morgan fingerprint density at radius 1 is 0.722 bits per heavy atom. The van der Waals surface area contributed by atoms with E-state index in [4.69, 9.17) is 9.47 Å². The summed E-state index contributed by atoms with van der Waals surface area (Å²) in [4.78, 5) is 0. The van der Waals surface area contributed by atoms with E-state index in [1.807, 2.05) is 13.8 Å². The highest BCUT2D eigenvalue weighted by Crippen LogP contribution is 2.03. The van der Waals surface area contributed by atoms with Crippen molar-refractivity contribution in [2.24, 2.45) is 0 Å². The second kappa shape index (κ2) is 7.43. The molecule has 0 saturated carbocycles. The lowest BCUT2D eigenvalue weighted by Crippen LogP contribution is -2.45. The third-order valence-corrected chi connectivity index (χ3v) is 2.09. The van der Waals surface area contributed by atoms with Gasteiger partial charge in [0.1, 0.15) is 12.5 Å². The molecule has 0 aromatic rings. The Morgan fingerprint density at radius 3 is 1.22 bits per heavy atom. The molecule has 0 heterocycles. The first kappa shape index (κ1) is 17.8. The molecule has 0 amide bonds. The van der Waals surface area contributed by atoms with Gasteiger partial charge in [0.05, 0.1) is 13.2 Å². The largest absolute Gasteiger partial charge is 0.361 e. The van der Waals surface area contributed by atoms with Crippen LogP contribution in [0, 0.1) is 0 Å². The Hall–Kier alpha value is -0.160. The number of ether oxygens (including phenoxy) is 2. The third-order valence-electron chi connectivity index (χ3n) is 2.09. The smallest absolute Gasteiger partial charge is 0.105 e. The Labute approximate surface area is 113 Å². The molecule has 0 aliphatic rings. The molecule has 0 fully saturated rings. The first-order valence-electron chi connectivity index (χ1n) is 6.78. The van der Waals surface area contributed by atoms with Gasteiger partial charge in [-0.25, -0.2) is 0 Å². The fraction of sp³-hybridized carbons (Fsp3) is 1.00. The standard InChI is InChI=1S/C14H32N2O2/c1-11(15-13(3,4)5)17-9-10-18-12(2)16-14(6,7)8/h11-12,15-16H,9-10H2,1-8H3. The molecule has 0 bridgehead atoms. The van der Waals surface area contributed by atoms with E-state index in [9.17, 15) is 0 Å². The summed E-state index contributed by atoms with van der Waals surface area (Å²) in [6, 6.07) is 0. The lowest BCUT2D eigenvalue weighted by Gasteiger charge is -2.27. The molecule has 0 aromatic carbocycles. The van der Waals surface area contributed by atoms with E-state index >= 15 is 0 Å². The van der Waals surface area contributed by atoms with Gasteiger partial charge in [0.15, 0.2) is 0 Å². The van der Waals surface area contributed by atoms with Crippen molar-refractivity contribution in [3.8, 4) is 0 Å². The Balaban J connectivity index is 3.62. The van der Waals surface area contributed by atoms with E-state index in [0.29, 0.717) is 13.2 Å². The van der Waals surface area contributed by atoms with Crippen molar-refractivity contribution in [1.82, 2.24) is 10.6 Å². The third kappa shape index (κ3) is 12.3. The highest BCUT2D eigenvalue weighted by Gasteiger charge is 2.15. The van der Waals surface area contributed by atoms with E-state index in [1.54, 1.807) is 0 Å². The quantitative estimate of drug-likeness (QED) is 0.545. The molecule has 0 saturated heterocycles. The maximum Gasteiger partial charge on any atom is 0.105 e. The summed E-state index contributed by atoms with van der Waals surface area (Å²) in [6.45, 7) is 18.0. The molecule has 0 aromatic heterocycles. The van der Waals surface area contributed by atoms with Gasteiger partial charge < -0.3 is 9.47 Å². The zero-order valence-corrected chi connectivity index (χ0v) is 13.4. The highest BCUT2D eigenvalue weighted by molar-refractivity contribution is 4.71. The first-order chi connectivity index (χ1) is 7.99. The maximum atomic E-state index is 5.63. The van der Waals surface area contributed by atoms with Gasteiger partial charge >= 0.3 is 0 Å². The van der Waals surface area contributed by atoms with Gasteiger partial charge in [0, 0.05) is 11.1 Å². The minimum Gasteiger partial charge on any atom is -0.361 e. The van der Waals surface area contributed by atoms with Gasteiger partial charge in [0.2, 0.25) is 0 Å². The van der Waals surface area contributed by atoms with Crippen LogP contribution in [0.4, 0.5) is 0 Å². The first-order valence-corrected chi connectivity index (χ1v) is 6.78. The second-order valence-corrected chi connectivity index (χ2v) is 6.81. The van der Waals surface area contributed by atoms with Crippen LogP contribution in [0.15, 0.2) is 0 Å². The molecule has 110 valence electrons. The summed E-state index contributed by atoms with van der Waals surface area (Å²) < 4.78 is 11.3. The monoisotopic (exact) mass is 260 g/mol. The summed E-state index contributed by atoms with van der Waals surface area (Å²) in [5.41, 5.74) is 0.142.